The molecular weight excluding hydrogens is 420 g/mol. The molecule has 1 saturated carbocycles. The molecule has 3 fully saturated rings. The van der Waals surface area contributed by atoms with Gasteiger partial charge in [-0.3, -0.25) is 0 Å². The summed E-state index contributed by atoms with van der Waals surface area (Å²) in [5, 5.41) is 0. The van der Waals surface area contributed by atoms with Crippen LogP contribution < -0.4 is 15.5 Å². The molecule has 172 valence electrons. The van der Waals surface area contributed by atoms with Gasteiger partial charge in [-0.2, -0.15) is 15.0 Å². The van der Waals surface area contributed by atoms with Crippen molar-refractivity contribution in [2.45, 2.75) is 44.2 Å². The summed E-state index contributed by atoms with van der Waals surface area (Å²) in [5.74, 6) is 1.15. The molecule has 0 aromatic carbocycles. The van der Waals surface area contributed by atoms with Crippen molar-refractivity contribution in [3.63, 3.8) is 0 Å². The van der Waals surface area contributed by atoms with Crippen molar-refractivity contribution < 1.29 is 18.3 Å². The molecule has 0 radical (unpaired) electrons. The van der Waals surface area contributed by atoms with Gasteiger partial charge in [0.2, 0.25) is 11.9 Å². The van der Waals surface area contributed by atoms with Gasteiger partial charge in [0.05, 0.1) is 38.0 Å². The second kappa shape index (κ2) is 8.36. The summed E-state index contributed by atoms with van der Waals surface area (Å²) in [4.78, 5) is 22.3. The Bertz CT molecular complexity index is 989. The molecule has 1 atom stereocenters. The number of ether oxygens (including phenoxy) is 2. The smallest absolute Gasteiger partial charge is 0.264 e. The molecule has 2 aromatic heterocycles. The fraction of sp³-hybridized carbons (Fsp3) is 0.619. The number of halogens is 2. The molecule has 2 saturated heterocycles. The van der Waals surface area contributed by atoms with Crippen LogP contribution in [0.3, 0.4) is 0 Å². The highest BCUT2D eigenvalue weighted by Crippen LogP contribution is 2.42. The lowest BCUT2D eigenvalue weighted by Crippen LogP contribution is -2.61. The van der Waals surface area contributed by atoms with Gasteiger partial charge in [-0.15, -0.1) is 0 Å². The van der Waals surface area contributed by atoms with Gasteiger partial charge in [0, 0.05) is 30.4 Å². The van der Waals surface area contributed by atoms with Crippen LogP contribution in [0.2, 0.25) is 0 Å². The number of hydrogen-bond donors (Lipinski definition) is 1. The summed E-state index contributed by atoms with van der Waals surface area (Å²) in [7, 11) is 0. The van der Waals surface area contributed by atoms with Crippen molar-refractivity contribution in [1.29, 1.82) is 0 Å². The monoisotopic (exact) mass is 447 g/mol. The molecule has 3 aliphatic rings. The predicted molar refractivity (Wildman–Crippen MR) is 115 cm³/mol. The third-order valence-electron chi connectivity index (χ3n) is 6.60. The maximum Gasteiger partial charge on any atom is 0.264 e. The van der Waals surface area contributed by atoms with Crippen molar-refractivity contribution in [3.05, 3.63) is 17.8 Å². The maximum absolute atomic E-state index is 13.8. The number of alkyl halides is 2. The van der Waals surface area contributed by atoms with E-state index in [1.807, 2.05) is 11.8 Å². The largest absolute Gasteiger partial charge is 0.384 e. The average molecular weight is 447 g/mol. The van der Waals surface area contributed by atoms with E-state index in [2.05, 4.69) is 19.9 Å². The number of anilines is 3. The van der Waals surface area contributed by atoms with Crippen LogP contribution in [0.5, 0.6) is 0 Å². The highest BCUT2D eigenvalue weighted by molar-refractivity contribution is 5.64. The standard InChI is InChI=1S/C21H27F2N7O2/c1-13-11-31-7-5-29(13)19-26-18(15-10-25-16(24)9-14(15)17(22)23)27-20(28-19)30-6-8-32-12-21(30)3-2-4-21/h9-10,13,17H,2-8,11-12H2,1H3,(H2,24,25)/t13-/m1/s1. The Morgan fingerprint density at radius 3 is 2.62 bits per heavy atom. The van der Waals surface area contributed by atoms with E-state index in [0.29, 0.717) is 51.4 Å². The second-order valence-electron chi connectivity index (χ2n) is 8.66. The van der Waals surface area contributed by atoms with Crippen LogP contribution in [0, 0.1) is 0 Å². The molecule has 0 bridgehead atoms. The molecular formula is C21H27F2N7O2. The molecule has 2 aliphatic heterocycles. The number of pyridine rings is 1. The molecule has 11 heteroatoms. The number of nitrogens with two attached hydrogens (primary N) is 1. The van der Waals surface area contributed by atoms with Gasteiger partial charge in [0.1, 0.15) is 5.82 Å². The second-order valence-corrected chi connectivity index (χ2v) is 8.66. The van der Waals surface area contributed by atoms with Gasteiger partial charge in [-0.1, -0.05) is 0 Å². The van der Waals surface area contributed by atoms with E-state index in [0.717, 1.165) is 19.3 Å². The highest BCUT2D eigenvalue weighted by Gasteiger charge is 2.46. The number of rotatable bonds is 4. The SMILES string of the molecule is C[C@@H]1COCCN1c1nc(-c2cnc(N)cc2C(F)F)nc(N2CCOCC23CCC3)n1. The van der Waals surface area contributed by atoms with Gasteiger partial charge >= 0.3 is 0 Å². The molecule has 5 rings (SSSR count). The van der Waals surface area contributed by atoms with Crippen LogP contribution in [0.1, 0.15) is 38.2 Å². The van der Waals surface area contributed by atoms with Gasteiger partial charge in [-0.25, -0.2) is 13.8 Å². The molecule has 0 amide bonds. The predicted octanol–water partition coefficient (Wildman–Crippen LogP) is 2.44. The summed E-state index contributed by atoms with van der Waals surface area (Å²) < 4.78 is 39.0. The minimum Gasteiger partial charge on any atom is -0.384 e. The number of aromatic nitrogens is 4. The van der Waals surface area contributed by atoms with Gasteiger partial charge in [0.25, 0.3) is 6.43 Å². The molecule has 9 nitrogen and oxygen atoms in total. The van der Waals surface area contributed by atoms with Crippen LogP contribution >= 0.6 is 0 Å². The number of nitrogens with zero attached hydrogens (tertiary/aromatic N) is 6. The van der Waals surface area contributed by atoms with E-state index in [1.54, 1.807) is 0 Å². The van der Waals surface area contributed by atoms with Gasteiger partial charge in [-0.05, 0) is 32.3 Å². The van der Waals surface area contributed by atoms with Gasteiger partial charge in [0.15, 0.2) is 5.82 Å². The lowest BCUT2D eigenvalue weighted by molar-refractivity contribution is 0.0123. The number of morpholine rings is 2. The van der Waals surface area contributed by atoms with Crippen molar-refractivity contribution in [1.82, 2.24) is 19.9 Å². The Labute approximate surface area is 185 Å². The normalized spacial score (nSPS) is 22.9. The number of nitrogen functional groups attached to an aromatic ring is 1. The van der Waals surface area contributed by atoms with Crippen LogP contribution in [-0.2, 0) is 9.47 Å². The third-order valence-corrected chi connectivity index (χ3v) is 6.60. The first-order valence-corrected chi connectivity index (χ1v) is 11.0. The Hall–Kier alpha value is -2.66. The fourth-order valence-corrected chi connectivity index (χ4v) is 4.65. The first-order valence-electron chi connectivity index (χ1n) is 11.0. The van der Waals surface area contributed by atoms with E-state index < -0.39 is 6.43 Å². The zero-order valence-corrected chi connectivity index (χ0v) is 18.0. The lowest BCUT2D eigenvalue weighted by atomic mass is 9.75. The Kier molecular flexibility index (Phi) is 5.54. The van der Waals surface area contributed by atoms with Crippen LogP contribution in [0.4, 0.5) is 26.5 Å². The summed E-state index contributed by atoms with van der Waals surface area (Å²) >= 11 is 0. The average Bonchev–Trinajstić information content (AvgIpc) is 2.78. The molecule has 0 unspecified atom stereocenters. The zero-order valence-electron chi connectivity index (χ0n) is 18.0. The zero-order chi connectivity index (χ0) is 22.3. The molecule has 2 aromatic rings. The highest BCUT2D eigenvalue weighted by atomic mass is 19.3. The Balaban J connectivity index is 1.64. The van der Waals surface area contributed by atoms with Crippen molar-refractivity contribution in [2.24, 2.45) is 0 Å². The Morgan fingerprint density at radius 2 is 1.91 bits per heavy atom. The van der Waals surface area contributed by atoms with E-state index in [9.17, 15) is 8.78 Å². The summed E-state index contributed by atoms with van der Waals surface area (Å²) in [6.07, 6.45) is 1.68. The van der Waals surface area contributed by atoms with Gasteiger partial charge < -0.3 is 25.0 Å². The van der Waals surface area contributed by atoms with Crippen molar-refractivity contribution in [2.75, 3.05) is 55.1 Å². The first kappa shape index (κ1) is 21.2. The number of hydrogen-bond acceptors (Lipinski definition) is 9. The van der Waals surface area contributed by atoms with Crippen LogP contribution in [0.15, 0.2) is 12.3 Å². The summed E-state index contributed by atoms with van der Waals surface area (Å²) in [6.45, 7) is 5.56. The maximum atomic E-state index is 13.8. The third kappa shape index (κ3) is 3.73. The van der Waals surface area contributed by atoms with E-state index in [4.69, 9.17) is 20.2 Å². The van der Waals surface area contributed by atoms with Crippen molar-refractivity contribution in [3.8, 4) is 11.4 Å². The topological polar surface area (TPSA) is 103 Å². The summed E-state index contributed by atoms with van der Waals surface area (Å²) in [6, 6.07) is 1.23. The molecule has 1 spiro atoms. The minimum atomic E-state index is -2.73. The molecule has 2 N–H and O–H groups in total. The van der Waals surface area contributed by atoms with Crippen LogP contribution in [-0.4, -0.2) is 71.0 Å². The Morgan fingerprint density at radius 1 is 1.12 bits per heavy atom. The van der Waals surface area contributed by atoms with E-state index in [1.165, 1.54) is 12.3 Å². The quantitative estimate of drug-likeness (QED) is 0.757. The van der Waals surface area contributed by atoms with E-state index in [-0.39, 0.29) is 34.3 Å². The molecule has 32 heavy (non-hydrogen) atoms. The lowest BCUT2D eigenvalue weighted by Gasteiger charge is -2.52. The minimum absolute atomic E-state index is 0.0296. The molecule has 4 heterocycles. The first-order chi connectivity index (χ1) is 15.5. The molecule has 1 aliphatic carbocycles. The van der Waals surface area contributed by atoms with Crippen LogP contribution in [0.25, 0.3) is 11.4 Å². The fourth-order valence-electron chi connectivity index (χ4n) is 4.65. The van der Waals surface area contributed by atoms with E-state index >= 15 is 0 Å². The summed E-state index contributed by atoms with van der Waals surface area (Å²) in [5.41, 5.74) is 5.45. The van der Waals surface area contributed by atoms with Crippen molar-refractivity contribution >= 4 is 17.7 Å².